The SMILES string of the molecule is COc1ccc(C)cc1-c1nc2scc(N)n2n1. The van der Waals surface area contributed by atoms with Gasteiger partial charge in [-0.15, -0.1) is 16.4 Å². The Kier molecular flexibility index (Phi) is 2.45. The molecule has 92 valence electrons. The van der Waals surface area contributed by atoms with Crippen molar-refractivity contribution < 1.29 is 4.74 Å². The van der Waals surface area contributed by atoms with Gasteiger partial charge in [0.05, 0.1) is 12.7 Å². The number of hydrogen-bond donors (Lipinski definition) is 1. The van der Waals surface area contributed by atoms with Gasteiger partial charge < -0.3 is 10.5 Å². The van der Waals surface area contributed by atoms with Gasteiger partial charge in [-0.05, 0) is 19.1 Å². The zero-order valence-electron chi connectivity index (χ0n) is 10.0. The molecule has 3 aromatic rings. The summed E-state index contributed by atoms with van der Waals surface area (Å²) in [7, 11) is 1.64. The van der Waals surface area contributed by atoms with Gasteiger partial charge in [-0.3, -0.25) is 0 Å². The van der Waals surface area contributed by atoms with E-state index in [4.69, 9.17) is 10.5 Å². The largest absolute Gasteiger partial charge is 0.496 e. The van der Waals surface area contributed by atoms with Crippen LogP contribution in [0, 0.1) is 6.92 Å². The minimum absolute atomic E-state index is 0.598. The zero-order valence-corrected chi connectivity index (χ0v) is 10.9. The van der Waals surface area contributed by atoms with E-state index in [2.05, 4.69) is 10.1 Å². The van der Waals surface area contributed by atoms with Crippen LogP contribution in [-0.2, 0) is 0 Å². The maximum absolute atomic E-state index is 5.81. The highest BCUT2D eigenvalue weighted by atomic mass is 32.1. The van der Waals surface area contributed by atoms with Crippen molar-refractivity contribution in [1.29, 1.82) is 0 Å². The van der Waals surface area contributed by atoms with Gasteiger partial charge in [-0.1, -0.05) is 11.6 Å². The van der Waals surface area contributed by atoms with E-state index in [9.17, 15) is 0 Å². The average molecular weight is 260 g/mol. The first kappa shape index (κ1) is 11.0. The van der Waals surface area contributed by atoms with E-state index in [0.717, 1.165) is 21.8 Å². The Bertz CT molecular complexity index is 716. The van der Waals surface area contributed by atoms with Gasteiger partial charge >= 0.3 is 0 Å². The summed E-state index contributed by atoms with van der Waals surface area (Å²) in [6.45, 7) is 2.02. The lowest BCUT2D eigenvalue weighted by atomic mass is 10.1. The first-order chi connectivity index (χ1) is 8.69. The van der Waals surface area contributed by atoms with E-state index < -0.39 is 0 Å². The number of nitrogen functional groups attached to an aromatic ring is 1. The standard InChI is InChI=1S/C12H12N4OS/c1-7-3-4-9(17-2)8(5-7)11-14-12-16(15-11)10(13)6-18-12/h3-6H,13H2,1-2H3. The van der Waals surface area contributed by atoms with Crippen molar-refractivity contribution in [2.75, 3.05) is 12.8 Å². The highest BCUT2D eigenvalue weighted by Gasteiger charge is 2.13. The fourth-order valence-electron chi connectivity index (χ4n) is 1.82. The number of thiazole rings is 1. The van der Waals surface area contributed by atoms with Gasteiger partial charge in [-0.25, -0.2) is 0 Å². The smallest absolute Gasteiger partial charge is 0.214 e. The van der Waals surface area contributed by atoms with Crippen LogP contribution in [0.4, 0.5) is 5.82 Å². The van der Waals surface area contributed by atoms with Gasteiger partial charge in [0.2, 0.25) is 4.96 Å². The van der Waals surface area contributed by atoms with Crippen LogP contribution < -0.4 is 10.5 Å². The number of anilines is 1. The fraction of sp³-hybridized carbons (Fsp3) is 0.167. The van der Waals surface area contributed by atoms with E-state index in [-0.39, 0.29) is 0 Å². The molecule has 0 fully saturated rings. The first-order valence-electron chi connectivity index (χ1n) is 5.44. The number of aromatic nitrogens is 3. The molecule has 0 unspecified atom stereocenters. The Morgan fingerprint density at radius 3 is 2.94 bits per heavy atom. The van der Waals surface area contributed by atoms with Crippen molar-refractivity contribution in [2.45, 2.75) is 6.92 Å². The lowest BCUT2D eigenvalue weighted by Gasteiger charge is -2.05. The Labute approximate surface area is 108 Å². The number of aryl methyl sites for hydroxylation is 1. The van der Waals surface area contributed by atoms with Gasteiger partial charge in [-0.2, -0.15) is 9.50 Å². The molecule has 18 heavy (non-hydrogen) atoms. The number of hydrogen-bond acceptors (Lipinski definition) is 5. The molecule has 0 bridgehead atoms. The topological polar surface area (TPSA) is 65.4 Å². The Morgan fingerprint density at radius 2 is 2.22 bits per heavy atom. The number of fused-ring (bicyclic) bond motifs is 1. The third-order valence-corrected chi connectivity index (χ3v) is 3.54. The summed E-state index contributed by atoms with van der Waals surface area (Å²) in [6, 6.07) is 5.92. The quantitative estimate of drug-likeness (QED) is 0.768. The van der Waals surface area contributed by atoms with Crippen LogP contribution in [0.1, 0.15) is 5.56 Å². The summed E-state index contributed by atoms with van der Waals surface area (Å²) in [5.41, 5.74) is 7.83. The molecule has 5 nitrogen and oxygen atoms in total. The predicted octanol–water partition coefficient (Wildman–Crippen LogP) is 2.36. The number of methoxy groups -OCH3 is 1. The van der Waals surface area contributed by atoms with Crippen LogP contribution in [0.5, 0.6) is 5.75 Å². The molecule has 2 heterocycles. The van der Waals surface area contributed by atoms with Crippen LogP contribution in [0.3, 0.4) is 0 Å². The number of nitrogens with two attached hydrogens (primary N) is 1. The number of nitrogens with zero attached hydrogens (tertiary/aromatic N) is 3. The highest BCUT2D eigenvalue weighted by Crippen LogP contribution is 2.30. The van der Waals surface area contributed by atoms with Crippen molar-refractivity contribution >= 4 is 22.1 Å². The molecular formula is C12H12N4OS. The van der Waals surface area contributed by atoms with Gasteiger partial charge in [0.1, 0.15) is 11.6 Å². The van der Waals surface area contributed by atoms with Crippen molar-refractivity contribution in [2.24, 2.45) is 0 Å². The molecule has 0 radical (unpaired) electrons. The molecule has 0 aliphatic carbocycles. The maximum Gasteiger partial charge on any atom is 0.214 e. The van der Waals surface area contributed by atoms with Crippen molar-refractivity contribution in [3.8, 4) is 17.1 Å². The molecule has 0 saturated carbocycles. The monoisotopic (exact) mass is 260 g/mol. The lowest BCUT2D eigenvalue weighted by Crippen LogP contribution is -1.94. The maximum atomic E-state index is 5.81. The molecular weight excluding hydrogens is 248 g/mol. The minimum atomic E-state index is 0.598. The third-order valence-electron chi connectivity index (χ3n) is 2.70. The third kappa shape index (κ3) is 1.62. The molecule has 3 rings (SSSR count). The van der Waals surface area contributed by atoms with E-state index in [1.165, 1.54) is 11.3 Å². The van der Waals surface area contributed by atoms with E-state index in [0.29, 0.717) is 11.6 Å². The molecule has 0 aliphatic heterocycles. The van der Waals surface area contributed by atoms with Gasteiger partial charge in [0.25, 0.3) is 0 Å². The molecule has 0 aliphatic rings. The average Bonchev–Trinajstić information content (AvgIpc) is 2.92. The van der Waals surface area contributed by atoms with Crippen LogP contribution >= 0.6 is 11.3 Å². The second kappa shape index (κ2) is 3.99. The second-order valence-electron chi connectivity index (χ2n) is 3.99. The Hall–Kier alpha value is -2.08. The number of ether oxygens (including phenoxy) is 1. The van der Waals surface area contributed by atoms with Crippen molar-refractivity contribution in [3.05, 3.63) is 29.1 Å². The number of benzene rings is 1. The minimum Gasteiger partial charge on any atom is -0.496 e. The number of rotatable bonds is 2. The van der Waals surface area contributed by atoms with Crippen molar-refractivity contribution in [1.82, 2.24) is 14.6 Å². The van der Waals surface area contributed by atoms with Gasteiger partial charge in [0, 0.05) is 5.38 Å². The van der Waals surface area contributed by atoms with Crippen LogP contribution in [0.25, 0.3) is 16.3 Å². The highest BCUT2D eigenvalue weighted by molar-refractivity contribution is 7.15. The van der Waals surface area contributed by atoms with Crippen LogP contribution in [0.15, 0.2) is 23.6 Å². The molecule has 2 aromatic heterocycles. The van der Waals surface area contributed by atoms with Crippen LogP contribution in [0.2, 0.25) is 0 Å². The summed E-state index contributed by atoms with van der Waals surface area (Å²) in [6.07, 6.45) is 0. The Morgan fingerprint density at radius 1 is 1.39 bits per heavy atom. The normalized spacial score (nSPS) is 11.0. The molecule has 6 heteroatoms. The molecule has 0 amide bonds. The first-order valence-corrected chi connectivity index (χ1v) is 6.32. The molecule has 1 aromatic carbocycles. The van der Waals surface area contributed by atoms with E-state index >= 15 is 0 Å². The molecule has 2 N–H and O–H groups in total. The molecule has 0 spiro atoms. The molecule has 0 atom stereocenters. The summed E-state index contributed by atoms with van der Waals surface area (Å²) in [4.78, 5) is 5.25. The van der Waals surface area contributed by atoms with E-state index in [1.54, 1.807) is 11.6 Å². The zero-order chi connectivity index (χ0) is 12.7. The fourth-order valence-corrected chi connectivity index (χ4v) is 2.53. The summed E-state index contributed by atoms with van der Waals surface area (Å²) >= 11 is 1.47. The van der Waals surface area contributed by atoms with Crippen molar-refractivity contribution in [3.63, 3.8) is 0 Å². The van der Waals surface area contributed by atoms with E-state index in [1.807, 2.05) is 30.5 Å². The second-order valence-corrected chi connectivity index (χ2v) is 4.83. The predicted molar refractivity (Wildman–Crippen MR) is 72.0 cm³/mol. The molecule has 0 saturated heterocycles. The lowest BCUT2D eigenvalue weighted by molar-refractivity contribution is 0.416. The summed E-state index contributed by atoms with van der Waals surface area (Å²) in [5.74, 6) is 1.99. The van der Waals surface area contributed by atoms with Crippen LogP contribution in [-0.4, -0.2) is 21.7 Å². The van der Waals surface area contributed by atoms with Gasteiger partial charge in [0.15, 0.2) is 5.82 Å². The summed E-state index contributed by atoms with van der Waals surface area (Å²) in [5, 5.41) is 6.23. The summed E-state index contributed by atoms with van der Waals surface area (Å²) < 4.78 is 6.98. The Balaban J connectivity index is 2.21.